The summed E-state index contributed by atoms with van der Waals surface area (Å²) in [5.74, 6) is -2.18. The Morgan fingerprint density at radius 3 is 2.64 bits per heavy atom. The van der Waals surface area contributed by atoms with E-state index in [4.69, 9.17) is 0 Å². The molecule has 0 fully saturated rings. The van der Waals surface area contributed by atoms with Gasteiger partial charge in [0.15, 0.2) is 0 Å². The number of pyridine rings is 1. The van der Waals surface area contributed by atoms with Gasteiger partial charge in [-0.25, -0.2) is 9.18 Å². The van der Waals surface area contributed by atoms with Crippen molar-refractivity contribution < 1.29 is 19.1 Å². The standard InChI is InChI=1S/C19H15FN2O3/c20-14-7-1-4-12(10-14)11-16(19(24)25)22-18(23)15-8-2-5-13-6-3-9-21-17(13)15/h1-10,16H,11H2,(H,22,23)(H,24,25)/t16-/m0/s1. The zero-order chi connectivity index (χ0) is 17.8. The number of para-hydroxylation sites is 1. The van der Waals surface area contributed by atoms with Crippen molar-refractivity contribution in [2.24, 2.45) is 0 Å². The van der Waals surface area contributed by atoms with Gasteiger partial charge in [0.2, 0.25) is 0 Å². The van der Waals surface area contributed by atoms with Crippen LogP contribution >= 0.6 is 0 Å². The lowest BCUT2D eigenvalue weighted by Gasteiger charge is -2.15. The van der Waals surface area contributed by atoms with Crippen molar-refractivity contribution in [2.45, 2.75) is 12.5 Å². The topological polar surface area (TPSA) is 79.3 Å². The number of amides is 1. The van der Waals surface area contributed by atoms with Crippen molar-refractivity contribution in [2.75, 3.05) is 0 Å². The van der Waals surface area contributed by atoms with Gasteiger partial charge in [0.05, 0.1) is 11.1 Å². The first kappa shape index (κ1) is 16.6. The number of carboxylic acids is 1. The normalized spacial score (nSPS) is 11.9. The molecule has 5 nitrogen and oxygen atoms in total. The maximum Gasteiger partial charge on any atom is 0.326 e. The molecule has 1 aromatic heterocycles. The van der Waals surface area contributed by atoms with Crippen LogP contribution in [0.4, 0.5) is 4.39 Å². The number of hydrogen-bond acceptors (Lipinski definition) is 3. The number of carboxylic acid groups (broad SMARTS) is 1. The highest BCUT2D eigenvalue weighted by atomic mass is 19.1. The molecule has 1 heterocycles. The van der Waals surface area contributed by atoms with Crippen molar-refractivity contribution in [1.82, 2.24) is 10.3 Å². The molecule has 1 amide bonds. The largest absolute Gasteiger partial charge is 0.480 e. The van der Waals surface area contributed by atoms with Crippen LogP contribution < -0.4 is 5.32 Å². The van der Waals surface area contributed by atoms with Gasteiger partial charge in [0.1, 0.15) is 11.9 Å². The van der Waals surface area contributed by atoms with Crippen LogP contribution in [0.25, 0.3) is 10.9 Å². The molecule has 0 aliphatic rings. The molecular weight excluding hydrogens is 323 g/mol. The Bertz CT molecular complexity index is 937. The summed E-state index contributed by atoms with van der Waals surface area (Å²) in [6.07, 6.45) is 1.55. The van der Waals surface area contributed by atoms with Crippen LogP contribution in [0.15, 0.2) is 60.8 Å². The monoisotopic (exact) mass is 338 g/mol. The molecule has 0 radical (unpaired) electrons. The highest BCUT2D eigenvalue weighted by Gasteiger charge is 2.22. The van der Waals surface area contributed by atoms with Crippen molar-refractivity contribution in [1.29, 1.82) is 0 Å². The van der Waals surface area contributed by atoms with Crippen LogP contribution in [0.3, 0.4) is 0 Å². The molecule has 0 bridgehead atoms. The molecule has 6 heteroatoms. The van der Waals surface area contributed by atoms with Gasteiger partial charge in [0, 0.05) is 18.0 Å². The molecule has 0 saturated carbocycles. The van der Waals surface area contributed by atoms with E-state index in [9.17, 15) is 19.1 Å². The molecular formula is C19H15FN2O3. The third-order valence-electron chi connectivity index (χ3n) is 3.81. The predicted octanol–water partition coefficient (Wildman–Crippen LogP) is 2.80. The molecule has 3 rings (SSSR count). The average Bonchev–Trinajstić information content (AvgIpc) is 2.60. The summed E-state index contributed by atoms with van der Waals surface area (Å²) in [6.45, 7) is 0. The fourth-order valence-corrected chi connectivity index (χ4v) is 2.62. The zero-order valence-electron chi connectivity index (χ0n) is 13.1. The Labute approximate surface area is 143 Å². The fraction of sp³-hybridized carbons (Fsp3) is 0.105. The predicted molar refractivity (Wildman–Crippen MR) is 90.7 cm³/mol. The fourth-order valence-electron chi connectivity index (χ4n) is 2.62. The summed E-state index contributed by atoms with van der Waals surface area (Å²) in [5.41, 5.74) is 1.28. The molecule has 25 heavy (non-hydrogen) atoms. The van der Waals surface area contributed by atoms with Crippen molar-refractivity contribution in [3.05, 3.63) is 77.7 Å². The third kappa shape index (κ3) is 3.80. The summed E-state index contributed by atoms with van der Waals surface area (Å²) in [4.78, 5) is 28.2. The Kier molecular flexibility index (Phi) is 4.70. The number of hydrogen-bond donors (Lipinski definition) is 2. The number of nitrogens with zero attached hydrogens (tertiary/aromatic N) is 1. The van der Waals surface area contributed by atoms with Crippen LogP contribution in [0, 0.1) is 5.82 Å². The highest BCUT2D eigenvalue weighted by Crippen LogP contribution is 2.16. The van der Waals surface area contributed by atoms with Gasteiger partial charge >= 0.3 is 5.97 Å². The molecule has 3 aromatic rings. The smallest absolute Gasteiger partial charge is 0.326 e. The number of halogens is 1. The molecule has 0 spiro atoms. The van der Waals surface area contributed by atoms with Crippen LogP contribution in [-0.4, -0.2) is 28.0 Å². The van der Waals surface area contributed by atoms with Crippen LogP contribution in [0.5, 0.6) is 0 Å². The van der Waals surface area contributed by atoms with E-state index >= 15 is 0 Å². The first-order valence-corrected chi connectivity index (χ1v) is 7.66. The van der Waals surface area contributed by atoms with Gasteiger partial charge < -0.3 is 10.4 Å². The van der Waals surface area contributed by atoms with E-state index in [0.29, 0.717) is 16.6 Å². The number of nitrogens with one attached hydrogen (secondary N) is 1. The van der Waals surface area contributed by atoms with E-state index in [1.165, 1.54) is 18.2 Å². The number of carbonyl (C=O) groups is 2. The van der Waals surface area contributed by atoms with Crippen LogP contribution in [0.2, 0.25) is 0 Å². The number of aromatic nitrogens is 1. The molecule has 0 saturated heterocycles. The Morgan fingerprint density at radius 1 is 1.12 bits per heavy atom. The second-order valence-electron chi connectivity index (χ2n) is 5.58. The van der Waals surface area contributed by atoms with Crippen molar-refractivity contribution in [3.63, 3.8) is 0 Å². The molecule has 2 N–H and O–H groups in total. The average molecular weight is 338 g/mol. The van der Waals surface area contributed by atoms with Gasteiger partial charge in [-0.15, -0.1) is 0 Å². The molecule has 0 aliphatic carbocycles. The lowest BCUT2D eigenvalue weighted by atomic mass is 10.0. The quantitative estimate of drug-likeness (QED) is 0.750. The third-order valence-corrected chi connectivity index (χ3v) is 3.81. The number of aliphatic carboxylic acids is 1. The number of benzene rings is 2. The lowest BCUT2D eigenvalue weighted by Crippen LogP contribution is -2.42. The van der Waals surface area contributed by atoms with Crippen molar-refractivity contribution in [3.8, 4) is 0 Å². The summed E-state index contributed by atoms with van der Waals surface area (Å²) in [5, 5.41) is 12.7. The van der Waals surface area contributed by atoms with Gasteiger partial charge in [-0.3, -0.25) is 9.78 Å². The maximum atomic E-state index is 13.3. The second-order valence-corrected chi connectivity index (χ2v) is 5.58. The molecule has 2 aromatic carbocycles. The second kappa shape index (κ2) is 7.09. The van der Waals surface area contributed by atoms with E-state index in [0.717, 1.165) is 5.39 Å². The first-order chi connectivity index (χ1) is 12.0. The Morgan fingerprint density at radius 2 is 1.88 bits per heavy atom. The van der Waals surface area contributed by atoms with E-state index < -0.39 is 23.7 Å². The van der Waals surface area contributed by atoms with Gasteiger partial charge in [-0.1, -0.05) is 30.3 Å². The Balaban J connectivity index is 1.84. The molecule has 0 aliphatic heterocycles. The SMILES string of the molecule is O=C(N[C@@H](Cc1cccc(F)c1)C(=O)O)c1cccc2cccnc12. The molecule has 0 unspecified atom stereocenters. The van der Waals surface area contributed by atoms with Gasteiger partial charge in [0.25, 0.3) is 5.91 Å². The van der Waals surface area contributed by atoms with Gasteiger partial charge in [-0.05, 0) is 29.8 Å². The highest BCUT2D eigenvalue weighted by molar-refractivity contribution is 6.06. The number of carbonyl (C=O) groups excluding carboxylic acids is 1. The maximum absolute atomic E-state index is 13.3. The number of fused-ring (bicyclic) bond motifs is 1. The number of rotatable bonds is 5. The van der Waals surface area contributed by atoms with E-state index in [-0.39, 0.29) is 6.42 Å². The van der Waals surface area contributed by atoms with Crippen LogP contribution in [0.1, 0.15) is 15.9 Å². The molecule has 126 valence electrons. The molecule has 1 atom stereocenters. The summed E-state index contributed by atoms with van der Waals surface area (Å²) < 4.78 is 13.3. The van der Waals surface area contributed by atoms with E-state index in [2.05, 4.69) is 10.3 Å². The lowest BCUT2D eigenvalue weighted by molar-refractivity contribution is -0.139. The first-order valence-electron chi connectivity index (χ1n) is 7.66. The summed E-state index contributed by atoms with van der Waals surface area (Å²) >= 11 is 0. The van der Waals surface area contributed by atoms with Crippen LogP contribution in [-0.2, 0) is 11.2 Å². The zero-order valence-corrected chi connectivity index (χ0v) is 13.1. The minimum atomic E-state index is -1.19. The van der Waals surface area contributed by atoms with E-state index in [1.807, 2.05) is 12.1 Å². The summed E-state index contributed by atoms with van der Waals surface area (Å²) in [7, 11) is 0. The Hall–Kier alpha value is -3.28. The van der Waals surface area contributed by atoms with E-state index in [1.54, 1.807) is 30.5 Å². The minimum Gasteiger partial charge on any atom is -0.480 e. The van der Waals surface area contributed by atoms with Gasteiger partial charge in [-0.2, -0.15) is 0 Å². The summed E-state index contributed by atoms with van der Waals surface area (Å²) in [6, 6.07) is 13.2. The minimum absolute atomic E-state index is 0.0168. The van der Waals surface area contributed by atoms with Crippen molar-refractivity contribution >= 4 is 22.8 Å².